The van der Waals surface area contributed by atoms with Gasteiger partial charge in [-0.1, -0.05) is 0 Å². The largest absolute Gasteiger partial charge is 0.381 e. The molecule has 1 aliphatic heterocycles. The monoisotopic (exact) mass is 314 g/mol. The smallest absolute Gasteiger partial charge is 0.270 e. The molecule has 0 radical (unpaired) electrons. The number of aromatic nitrogens is 3. The molecule has 3 heterocycles. The number of nitrogens with one attached hydrogen (secondary N) is 1. The minimum atomic E-state index is 0.0387. The van der Waals surface area contributed by atoms with Gasteiger partial charge >= 0.3 is 0 Å². The summed E-state index contributed by atoms with van der Waals surface area (Å²) in [5.41, 5.74) is 1.71. The maximum absolute atomic E-state index is 12.7. The summed E-state index contributed by atoms with van der Waals surface area (Å²) in [5, 5.41) is 4.39. The fourth-order valence-corrected chi connectivity index (χ4v) is 3.11. The second kappa shape index (κ2) is 6.20. The van der Waals surface area contributed by atoms with Crippen LogP contribution < -0.4 is 0 Å². The number of carbonyl (C=O) groups excluding carboxylic acids is 1. The van der Waals surface area contributed by atoms with Gasteiger partial charge in [0.1, 0.15) is 5.69 Å². The second-order valence-electron chi connectivity index (χ2n) is 6.62. The molecule has 0 aromatic carbocycles. The van der Waals surface area contributed by atoms with Gasteiger partial charge in [-0.3, -0.25) is 9.48 Å². The number of hydrogen-bond donors (Lipinski definition) is 1. The van der Waals surface area contributed by atoms with Gasteiger partial charge in [-0.15, -0.1) is 0 Å². The van der Waals surface area contributed by atoms with Gasteiger partial charge in [0.05, 0.1) is 18.8 Å². The van der Waals surface area contributed by atoms with E-state index in [-0.39, 0.29) is 11.8 Å². The molecule has 1 unspecified atom stereocenters. The van der Waals surface area contributed by atoms with E-state index in [4.69, 9.17) is 4.74 Å². The van der Waals surface area contributed by atoms with Crippen molar-refractivity contribution in [3.8, 4) is 0 Å². The van der Waals surface area contributed by atoms with E-state index in [2.05, 4.69) is 10.1 Å². The highest BCUT2D eigenvalue weighted by Gasteiger charge is 2.28. The van der Waals surface area contributed by atoms with Gasteiger partial charge in [0, 0.05) is 38.0 Å². The third-order valence-corrected chi connectivity index (χ3v) is 4.59. The van der Waals surface area contributed by atoms with Crippen molar-refractivity contribution in [2.75, 3.05) is 19.8 Å². The zero-order chi connectivity index (χ0) is 15.6. The third kappa shape index (κ3) is 3.32. The van der Waals surface area contributed by atoms with Crippen LogP contribution in [-0.2, 0) is 17.8 Å². The van der Waals surface area contributed by atoms with Crippen molar-refractivity contribution < 1.29 is 9.53 Å². The van der Waals surface area contributed by atoms with Crippen LogP contribution in [0.2, 0.25) is 0 Å². The Bertz CT molecular complexity index is 660. The number of hydrogen-bond acceptors (Lipinski definition) is 3. The Hall–Kier alpha value is -2.08. The molecule has 2 aromatic rings. The van der Waals surface area contributed by atoms with E-state index in [1.165, 1.54) is 12.8 Å². The molecule has 2 aromatic heterocycles. The second-order valence-corrected chi connectivity index (χ2v) is 6.62. The highest BCUT2D eigenvalue weighted by Crippen LogP contribution is 2.29. The first-order valence-corrected chi connectivity index (χ1v) is 8.30. The zero-order valence-corrected chi connectivity index (χ0v) is 13.1. The average Bonchev–Trinajstić information content (AvgIpc) is 3.07. The summed E-state index contributed by atoms with van der Waals surface area (Å²) >= 11 is 0. The van der Waals surface area contributed by atoms with Gasteiger partial charge < -0.3 is 14.6 Å². The van der Waals surface area contributed by atoms with Gasteiger partial charge in [0.25, 0.3) is 5.91 Å². The lowest BCUT2D eigenvalue weighted by atomic mass is 10.1. The quantitative estimate of drug-likeness (QED) is 0.917. The summed E-state index contributed by atoms with van der Waals surface area (Å²) in [5.74, 6) is 1.07. The molecule has 122 valence electrons. The van der Waals surface area contributed by atoms with Gasteiger partial charge in [-0.2, -0.15) is 5.10 Å². The average molecular weight is 314 g/mol. The molecule has 1 atom stereocenters. The van der Waals surface area contributed by atoms with Gasteiger partial charge in [-0.25, -0.2) is 0 Å². The number of H-pyrrole nitrogens is 1. The molecule has 1 aliphatic carbocycles. The van der Waals surface area contributed by atoms with Crippen molar-refractivity contribution in [1.82, 2.24) is 19.7 Å². The molecule has 1 amide bonds. The lowest BCUT2D eigenvalue weighted by Gasteiger charge is -2.23. The van der Waals surface area contributed by atoms with Crippen LogP contribution in [-0.4, -0.2) is 45.3 Å². The fraction of sp³-hybridized carbons (Fsp3) is 0.529. The number of ether oxygens (including phenoxy) is 1. The number of aromatic amines is 1. The lowest BCUT2D eigenvalue weighted by Crippen LogP contribution is -2.35. The minimum Gasteiger partial charge on any atom is -0.381 e. The fourth-order valence-electron chi connectivity index (χ4n) is 3.11. The SMILES string of the molecule is O=C(c1ccc[nH]1)N1Cc2ccnn2CC(COCC2CC2)C1. The Morgan fingerprint density at radius 1 is 1.26 bits per heavy atom. The van der Waals surface area contributed by atoms with Gasteiger partial charge in [0.15, 0.2) is 0 Å². The van der Waals surface area contributed by atoms with E-state index in [0.717, 1.165) is 24.8 Å². The Balaban J connectivity index is 1.48. The summed E-state index contributed by atoms with van der Waals surface area (Å²) in [6.07, 6.45) is 6.18. The first-order chi connectivity index (χ1) is 11.3. The predicted octanol–water partition coefficient (Wildman–Crippen LogP) is 1.91. The van der Waals surface area contributed by atoms with Crippen molar-refractivity contribution in [3.63, 3.8) is 0 Å². The van der Waals surface area contributed by atoms with Gasteiger partial charge in [-0.05, 0) is 37.0 Å². The van der Waals surface area contributed by atoms with Crippen molar-refractivity contribution in [2.24, 2.45) is 11.8 Å². The minimum absolute atomic E-state index is 0.0387. The Labute approximate surface area is 135 Å². The van der Waals surface area contributed by atoms with E-state index < -0.39 is 0 Å². The number of fused-ring (bicyclic) bond motifs is 1. The highest BCUT2D eigenvalue weighted by molar-refractivity contribution is 5.92. The summed E-state index contributed by atoms with van der Waals surface area (Å²) in [7, 11) is 0. The molecule has 0 saturated heterocycles. The molecule has 0 bridgehead atoms. The molecule has 2 aliphatic rings. The Morgan fingerprint density at radius 2 is 2.13 bits per heavy atom. The van der Waals surface area contributed by atoms with E-state index in [1.54, 1.807) is 12.4 Å². The molecule has 6 heteroatoms. The van der Waals surface area contributed by atoms with E-state index in [9.17, 15) is 4.79 Å². The molecule has 0 spiro atoms. The summed E-state index contributed by atoms with van der Waals surface area (Å²) in [4.78, 5) is 17.6. The maximum Gasteiger partial charge on any atom is 0.270 e. The van der Waals surface area contributed by atoms with Crippen LogP contribution in [0.1, 0.15) is 29.0 Å². The maximum atomic E-state index is 12.7. The normalized spacial score (nSPS) is 21.0. The molecular formula is C17H22N4O2. The highest BCUT2D eigenvalue weighted by atomic mass is 16.5. The van der Waals surface area contributed by atoms with Crippen LogP contribution in [0.25, 0.3) is 0 Å². The molecule has 23 heavy (non-hydrogen) atoms. The van der Waals surface area contributed by atoms with Crippen LogP contribution in [0.4, 0.5) is 0 Å². The van der Waals surface area contributed by atoms with Crippen LogP contribution in [0, 0.1) is 11.8 Å². The number of amides is 1. The standard InChI is InChI=1S/C17H22N4O2/c22-17(16-2-1-6-18-16)20-8-14(12-23-11-13-3-4-13)9-21-15(10-20)5-7-19-21/h1-2,5-7,13-14,18H,3-4,8-12H2. The predicted molar refractivity (Wildman–Crippen MR) is 84.8 cm³/mol. The Morgan fingerprint density at radius 3 is 2.91 bits per heavy atom. The summed E-state index contributed by atoms with van der Waals surface area (Å²) < 4.78 is 7.88. The molecular weight excluding hydrogens is 292 g/mol. The van der Waals surface area contributed by atoms with Crippen molar-refractivity contribution >= 4 is 5.91 Å². The Kier molecular flexibility index (Phi) is 3.91. The topological polar surface area (TPSA) is 63.2 Å². The first kappa shape index (κ1) is 14.5. The number of nitrogens with zero attached hydrogens (tertiary/aromatic N) is 3. The van der Waals surface area contributed by atoms with E-state index in [1.807, 2.05) is 27.8 Å². The van der Waals surface area contributed by atoms with Crippen molar-refractivity contribution in [2.45, 2.75) is 25.9 Å². The third-order valence-electron chi connectivity index (χ3n) is 4.59. The van der Waals surface area contributed by atoms with Crippen LogP contribution >= 0.6 is 0 Å². The van der Waals surface area contributed by atoms with Crippen molar-refractivity contribution in [1.29, 1.82) is 0 Å². The van der Waals surface area contributed by atoms with E-state index >= 15 is 0 Å². The summed E-state index contributed by atoms with van der Waals surface area (Å²) in [6.45, 7) is 3.64. The molecule has 4 rings (SSSR count). The molecule has 1 fully saturated rings. The molecule has 1 saturated carbocycles. The summed E-state index contributed by atoms with van der Waals surface area (Å²) in [6, 6.07) is 5.66. The first-order valence-electron chi connectivity index (χ1n) is 8.30. The van der Waals surface area contributed by atoms with Crippen molar-refractivity contribution in [3.05, 3.63) is 42.0 Å². The van der Waals surface area contributed by atoms with Crippen LogP contribution in [0.5, 0.6) is 0 Å². The number of carbonyl (C=O) groups is 1. The molecule has 1 N–H and O–H groups in total. The van der Waals surface area contributed by atoms with Crippen LogP contribution in [0.15, 0.2) is 30.6 Å². The zero-order valence-electron chi connectivity index (χ0n) is 13.1. The van der Waals surface area contributed by atoms with Gasteiger partial charge in [0.2, 0.25) is 0 Å². The van der Waals surface area contributed by atoms with Crippen LogP contribution in [0.3, 0.4) is 0 Å². The lowest BCUT2D eigenvalue weighted by molar-refractivity contribution is 0.0565. The van der Waals surface area contributed by atoms with E-state index in [0.29, 0.717) is 25.4 Å². The number of rotatable bonds is 5. The molecule has 6 nitrogen and oxygen atoms in total.